The van der Waals surface area contributed by atoms with Crippen molar-refractivity contribution in [1.82, 2.24) is 14.8 Å². The molecule has 0 saturated carbocycles. The molecule has 2 amide bonds. The van der Waals surface area contributed by atoms with Gasteiger partial charge in [-0.3, -0.25) is 0 Å². The molecule has 1 aromatic heterocycles. The molecule has 22 heavy (non-hydrogen) atoms. The number of carbonyl (C=O) groups is 1. The molecule has 2 unspecified atom stereocenters. The Hall–Kier alpha value is -1.82. The molecule has 4 rings (SSSR count). The summed E-state index contributed by atoms with van der Waals surface area (Å²) in [6.45, 7) is 5.56. The number of anilines is 1. The van der Waals surface area contributed by atoms with Crippen LogP contribution in [-0.4, -0.2) is 72.8 Å². The van der Waals surface area contributed by atoms with Gasteiger partial charge in [0.2, 0.25) is 0 Å². The number of aromatic nitrogens is 1. The maximum atomic E-state index is 12.7. The minimum Gasteiger partial charge on any atom is -0.378 e. The van der Waals surface area contributed by atoms with Crippen LogP contribution in [0.25, 0.3) is 0 Å². The van der Waals surface area contributed by atoms with E-state index >= 15 is 0 Å². The van der Waals surface area contributed by atoms with Gasteiger partial charge in [-0.05, 0) is 18.6 Å². The van der Waals surface area contributed by atoms with Crippen LogP contribution < -0.4 is 4.90 Å². The first-order chi connectivity index (χ1) is 10.8. The Morgan fingerprint density at radius 1 is 1.18 bits per heavy atom. The van der Waals surface area contributed by atoms with E-state index in [2.05, 4.69) is 20.9 Å². The fraction of sp³-hybridized carbons (Fsp3) is 0.625. The van der Waals surface area contributed by atoms with Gasteiger partial charge in [0.25, 0.3) is 0 Å². The summed E-state index contributed by atoms with van der Waals surface area (Å²) in [7, 11) is 0. The molecule has 0 radical (unpaired) electrons. The van der Waals surface area contributed by atoms with Crippen molar-refractivity contribution in [3.8, 4) is 0 Å². The molecule has 0 bridgehead atoms. The fourth-order valence-corrected chi connectivity index (χ4v) is 3.86. The number of pyridine rings is 1. The first kappa shape index (κ1) is 13.8. The molecule has 3 aliphatic rings. The van der Waals surface area contributed by atoms with Crippen LogP contribution in [0, 0.1) is 5.92 Å². The number of likely N-dealkylation sites (tertiary alicyclic amines) is 1. The zero-order valence-corrected chi connectivity index (χ0v) is 12.7. The minimum atomic E-state index is 0.193. The second-order valence-corrected chi connectivity index (χ2v) is 6.28. The molecule has 3 aliphatic heterocycles. The molecule has 3 fully saturated rings. The summed E-state index contributed by atoms with van der Waals surface area (Å²) >= 11 is 0. The summed E-state index contributed by atoms with van der Waals surface area (Å²) in [5.74, 6) is 1.60. The van der Waals surface area contributed by atoms with Gasteiger partial charge in [0.05, 0.1) is 19.3 Å². The first-order valence-electron chi connectivity index (χ1n) is 8.12. The second kappa shape index (κ2) is 5.76. The number of carbonyl (C=O) groups excluding carboxylic acids is 1. The van der Waals surface area contributed by atoms with Gasteiger partial charge in [-0.15, -0.1) is 0 Å². The van der Waals surface area contributed by atoms with Gasteiger partial charge in [0.1, 0.15) is 5.82 Å². The van der Waals surface area contributed by atoms with Gasteiger partial charge in [-0.2, -0.15) is 0 Å². The van der Waals surface area contributed by atoms with Gasteiger partial charge in [0.15, 0.2) is 0 Å². The van der Waals surface area contributed by atoms with Crippen LogP contribution >= 0.6 is 0 Å². The summed E-state index contributed by atoms with van der Waals surface area (Å²) in [4.78, 5) is 23.5. The smallest absolute Gasteiger partial charge is 0.320 e. The van der Waals surface area contributed by atoms with Crippen molar-refractivity contribution >= 4 is 11.8 Å². The van der Waals surface area contributed by atoms with Crippen molar-refractivity contribution in [3.05, 3.63) is 24.4 Å². The Kier molecular flexibility index (Phi) is 3.62. The van der Waals surface area contributed by atoms with Crippen LogP contribution in [-0.2, 0) is 4.74 Å². The van der Waals surface area contributed by atoms with Gasteiger partial charge >= 0.3 is 6.03 Å². The van der Waals surface area contributed by atoms with E-state index in [4.69, 9.17) is 4.74 Å². The highest BCUT2D eigenvalue weighted by Gasteiger charge is 2.44. The fourth-order valence-electron chi connectivity index (χ4n) is 3.86. The highest BCUT2D eigenvalue weighted by atomic mass is 16.5. The zero-order chi connectivity index (χ0) is 14.9. The van der Waals surface area contributed by atoms with Crippen LogP contribution in [0.5, 0.6) is 0 Å². The molecule has 0 spiro atoms. The number of rotatable bonds is 1. The summed E-state index contributed by atoms with van der Waals surface area (Å²) in [6, 6.07) is 6.53. The van der Waals surface area contributed by atoms with Crippen LogP contribution in [0.3, 0.4) is 0 Å². The van der Waals surface area contributed by atoms with Crippen LogP contribution in [0.4, 0.5) is 10.6 Å². The Morgan fingerprint density at radius 2 is 2.05 bits per heavy atom. The van der Waals surface area contributed by atoms with Gasteiger partial charge in [-0.25, -0.2) is 9.78 Å². The van der Waals surface area contributed by atoms with Crippen molar-refractivity contribution in [2.24, 2.45) is 5.92 Å². The predicted octanol–water partition coefficient (Wildman–Crippen LogP) is 1.04. The number of morpholine rings is 1. The Labute approximate surface area is 130 Å². The highest BCUT2D eigenvalue weighted by Crippen LogP contribution is 2.34. The normalized spacial score (nSPS) is 28.1. The predicted molar refractivity (Wildman–Crippen MR) is 82.8 cm³/mol. The van der Waals surface area contributed by atoms with Crippen LogP contribution in [0.1, 0.15) is 6.42 Å². The number of hydrogen-bond donors (Lipinski definition) is 0. The third-order valence-corrected chi connectivity index (χ3v) is 5.05. The van der Waals surface area contributed by atoms with E-state index in [1.54, 1.807) is 0 Å². The van der Waals surface area contributed by atoms with Crippen molar-refractivity contribution in [2.75, 3.05) is 50.8 Å². The van der Waals surface area contributed by atoms with E-state index in [0.717, 1.165) is 45.0 Å². The third kappa shape index (κ3) is 2.41. The van der Waals surface area contributed by atoms with Crippen molar-refractivity contribution in [2.45, 2.75) is 12.5 Å². The Balaban J connectivity index is 1.45. The molecule has 0 N–H and O–H groups in total. The van der Waals surface area contributed by atoms with Gasteiger partial charge in [-0.1, -0.05) is 6.07 Å². The highest BCUT2D eigenvalue weighted by molar-refractivity contribution is 5.75. The molecule has 3 saturated heterocycles. The number of amides is 2. The molecular weight excluding hydrogens is 280 g/mol. The average Bonchev–Trinajstić information content (AvgIpc) is 3.16. The van der Waals surface area contributed by atoms with Crippen LogP contribution in [0.15, 0.2) is 24.4 Å². The number of ether oxygens (including phenoxy) is 1. The maximum absolute atomic E-state index is 12.7. The SMILES string of the molecule is O=C(N1CCOCC1)N1CCC2CN(c3ccccn3)CC21. The van der Waals surface area contributed by atoms with Gasteiger partial charge < -0.3 is 19.4 Å². The van der Waals surface area contributed by atoms with E-state index in [-0.39, 0.29) is 6.03 Å². The molecule has 6 nitrogen and oxygen atoms in total. The summed E-state index contributed by atoms with van der Waals surface area (Å²) in [5.41, 5.74) is 0. The first-order valence-corrected chi connectivity index (χ1v) is 8.12. The lowest BCUT2D eigenvalue weighted by atomic mass is 10.1. The molecule has 0 aromatic carbocycles. The molecule has 6 heteroatoms. The lowest BCUT2D eigenvalue weighted by Crippen LogP contribution is -2.51. The Bertz CT molecular complexity index is 532. The molecule has 0 aliphatic carbocycles. The minimum absolute atomic E-state index is 0.193. The topological polar surface area (TPSA) is 48.9 Å². The van der Waals surface area contributed by atoms with E-state index < -0.39 is 0 Å². The van der Waals surface area contributed by atoms with E-state index in [9.17, 15) is 4.79 Å². The lowest BCUT2D eigenvalue weighted by molar-refractivity contribution is 0.0423. The summed E-state index contributed by atoms with van der Waals surface area (Å²) < 4.78 is 5.35. The standard InChI is InChI=1S/C16H22N4O2/c21-16(18-7-9-22-10-8-18)20-6-4-13-11-19(12-14(13)20)15-3-1-2-5-17-15/h1-3,5,13-14H,4,6-12H2. The quantitative estimate of drug-likeness (QED) is 0.778. The molecule has 1 aromatic rings. The number of urea groups is 1. The third-order valence-electron chi connectivity index (χ3n) is 5.05. The Morgan fingerprint density at radius 3 is 2.82 bits per heavy atom. The van der Waals surface area contributed by atoms with Crippen LogP contribution in [0.2, 0.25) is 0 Å². The number of nitrogens with zero attached hydrogens (tertiary/aromatic N) is 4. The zero-order valence-electron chi connectivity index (χ0n) is 12.7. The molecule has 2 atom stereocenters. The van der Waals surface area contributed by atoms with E-state index in [1.165, 1.54) is 0 Å². The average molecular weight is 302 g/mol. The molecule has 4 heterocycles. The van der Waals surface area contributed by atoms with E-state index in [1.807, 2.05) is 23.2 Å². The largest absolute Gasteiger partial charge is 0.378 e. The van der Waals surface area contributed by atoms with Gasteiger partial charge in [0, 0.05) is 44.8 Å². The number of fused-ring (bicyclic) bond motifs is 1. The number of hydrogen-bond acceptors (Lipinski definition) is 4. The lowest BCUT2D eigenvalue weighted by Gasteiger charge is -2.33. The second-order valence-electron chi connectivity index (χ2n) is 6.28. The van der Waals surface area contributed by atoms with Crippen molar-refractivity contribution in [1.29, 1.82) is 0 Å². The summed E-state index contributed by atoms with van der Waals surface area (Å²) in [6.07, 6.45) is 2.93. The maximum Gasteiger partial charge on any atom is 0.320 e. The molecule has 118 valence electrons. The van der Waals surface area contributed by atoms with Crippen molar-refractivity contribution < 1.29 is 9.53 Å². The van der Waals surface area contributed by atoms with E-state index in [0.29, 0.717) is 25.2 Å². The summed E-state index contributed by atoms with van der Waals surface area (Å²) in [5, 5.41) is 0. The molecular formula is C16H22N4O2. The van der Waals surface area contributed by atoms with Crippen molar-refractivity contribution in [3.63, 3.8) is 0 Å². The monoisotopic (exact) mass is 302 g/mol.